The van der Waals surface area contributed by atoms with E-state index >= 15 is 0 Å². The molecule has 1 aromatic heterocycles. The van der Waals surface area contributed by atoms with Gasteiger partial charge >= 0.3 is 0 Å². The number of ether oxygens (including phenoxy) is 2. The standard InChI is InChI=1S/C21H20O11/c1-7(22)19-17(28)18(29)21(32-19)30-9-5-12(25)14-13(6-9)31-20(16(27)15(14)26)8-2-3-10(23)11(24)4-8/h2-7,17-19,21-25,27-29H,1H3/t7-,17-,18+,19-,21+/m0/s1. The normalized spacial score (nSPS) is 24.0. The molecule has 170 valence electrons. The topological polar surface area (TPSA) is 190 Å². The third-order valence-electron chi connectivity index (χ3n) is 5.15. The van der Waals surface area contributed by atoms with E-state index in [1.165, 1.54) is 19.1 Å². The van der Waals surface area contributed by atoms with Gasteiger partial charge in [0.25, 0.3) is 0 Å². The van der Waals surface area contributed by atoms with Crippen molar-refractivity contribution in [1.82, 2.24) is 0 Å². The van der Waals surface area contributed by atoms with Crippen LogP contribution in [-0.4, -0.2) is 66.5 Å². The second-order valence-electron chi connectivity index (χ2n) is 7.44. The van der Waals surface area contributed by atoms with Gasteiger partial charge in [0.2, 0.25) is 17.5 Å². The molecule has 0 saturated carbocycles. The highest BCUT2D eigenvalue weighted by atomic mass is 16.7. The Morgan fingerprint density at radius 1 is 0.969 bits per heavy atom. The SMILES string of the molecule is C[C@H](O)[C@@H]1O[C@@H](Oc2cc(O)c3c(=O)c(O)c(-c4ccc(O)c(O)c4)oc3c2)[C@H](O)[C@@H]1O. The summed E-state index contributed by atoms with van der Waals surface area (Å²) >= 11 is 0. The van der Waals surface area contributed by atoms with Gasteiger partial charge in [0.1, 0.15) is 40.8 Å². The molecule has 0 spiro atoms. The fourth-order valence-electron chi connectivity index (χ4n) is 3.49. The Kier molecular flexibility index (Phi) is 5.34. The lowest BCUT2D eigenvalue weighted by molar-refractivity contribution is -0.128. The maximum Gasteiger partial charge on any atom is 0.238 e. The van der Waals surface area contributed by atoms with E-state index in [1.807, 2.05) is 0 Å². The van der Waals surface area contributed by atoms with Crippen LogP contribution in [0.3, 0.4) is 0 Å². The number of hydrogen-bond acceptors (Lipinski definition) is 11. The van der Waals surface area contributed by atoms with Gasteiger partial charge < -0.3 is 49.6 Å². The second kappa shape index (κ2) is 7.88. The number of phenolic OH excluding ortho intramolecular Hbond substituents is 3. The van der Waals surface area contributed by atoms with Gasteiger partial charge in [-0.2, -0.15) is 0 Å². The molecule has 11 heteroatoms. The van der Waals surface area contributed by atoms with Crippen molar-refractivity contribution in [2.24, 2.45) is 0 Å². The molecule has 0 amide bonds. The first-order valence-electron chi connectivity index (χ1n) is 9.50. The quantitative estimate of drug-likeness (QED) is 0.275. The van der Waals surface area contributed by atoms with E-state index in [2.05, 4.69) is 0 Å². The van der Waals surface area contributed by atoms with E-state index in [4.69, 9.17) is 13.9 Å². The fourth-order valence-corrected chi connectivity index (χ4v) is 3.49. The zero-order valence-corrected chi connectivity index (χ0v) is 16.5. The Hall–Kier alpha value is -3.51. The molecule has 0 bridgehead atoms. The molecular formula is C21H20O11. The lowest BCUT2D eigenvalue weighted by Gasteiger charge is -2.18. The van der Waals surface area contributed by atoms with Crippen molar-refractivity contribution >= 4 is 11.0 Å². The van der Waals surface area contributed by atoms with E-state index in [0.29, 0.717) is 0 Å². The summed E-state index contributed by atoms with van der Waals surface area (Å²) in [6.07, 6.45) is -6.51. The third kappa shape index (κ3) is 3.56. The van der Waals surface area contributed by atoms with Crippen LogP contribution in [0.2, 0.25) is 0 Å². The molecule has 0 radical (unpaired) electrons. The molecule has 2 aromatic carbocycles. The van der Waals surface area contributed by atoms with E-state index in [0.717, 1.165) is 18.2 Å². The average molecular weight is 448 g/mol. The average Bonchev–Trinajstić information content (AvgIpc) is 3.01. The van der Waals surface area contributed by atoms with Crippen LogP contribution in [0.15, 0.2) is 39.5 Å². The van der Waals surface area contributed by atoms with Crippen molar-refractivity contribution in [3.05, 3.63) is 40.6 Å². The maximum atomic E-state index is 12.6. The van der Waals surface area contributed by atoms with Gasteiger partial charge in [-0.05, 0) is 25.1 Å². The maximum absolute atomic E-state index is 12.6. The van der Waals surface area contributed by atoms with Crippen LogP contribution in [0.5, 0.6) is 28.7 Å². The Morgan fingerprint density at radius 3 is 2.31 bits per heavy atom. The van der Waals surface area contributed by atoms with Crippen molar-refractivity contribution in [2.45, 2.75) is 37.6 Å². The van der Waals surface area contributed by atoms with Crippen LogP contribution < -0.4 is 10.2 Å². The Bertz CT molecular complexity index is 1230. The van der Waals surface area contributed by atoms with Gasteiger partial charge in [-0.15, -0.1) is 0 Å². The number of aromatic hydroxyl groups is 4. The van der Waals surface area contributed by atoms with Gasteiger partial charge in [-0.1, -0.05) is 0 Å². The van der Waals surface area contributed by atoms with Gasteiger partial charge in [-0.25, -0.2) is 0 Å². The molecule has 3 aromatic rings. The summed E-state index contributed by atoms with van der Waals surface area (Å²) in [7, 11) is 0. The van der Waals surface area contributed by atoms with E-state index in [1.54, 1.807) is 0 Å². The Balaban J connectivity index is 1.76. The van der Waals surface area contributed by atoms with Gasteiger partial charge in [-0.3, -0.25) is 4.79 Å². The summed E-state index contributed by atoms with van der Waals surface area (Å²) in [5.74, 6) is -2.80. The summed E-state index contributed by atoms with van der Waals surface area (Å²) in [6, 6.07) is 5.72. The summed E-state index contributed by atoms with van der Waals surface area (Å²) in [5, 5.41) is 69.2. The minimum Gasteiger partial charge on any atom is -0.507 e. The molecule has 1 saturated heterocycles. The third-order valence-corrected chi connectivity index (χ3v) is 5.15. The first-order chi connectivity index (χ1) is 15.1. The van der Waals surface area contributed by atoms with Crippen LogP contribution in [0, 0.1) is 0 Å². The summed E-state index contributed by atoms with van der Waals surface area (Å²) in [6.45, 7) is 1.37. The molecule has 11 nitrogen and oxygen atoms in total. The van der Waals surface area contributed by atoms with Crippen molar-refractivity contribution in [3.8, 4) is 40.1 Å². The number of aliphatic hydroxyl groups is 3. The van der Waals surface area contributed by atoms with Crippen LogP contribution in [0.4, 0.5) is 0 Å². The number of fused-ring (bicyclic) bond motifs is 1. The predicted molar refractivity (Wildman–Crippen MR) is 108 cm³/mol. The molecule has 1 aliphatic rings. The van der Waals surface area contributed by atoms with E-state index in [9.17, 15) is 40.5 Å². The largest absolute Gasteiger partial charge is 0.507 e. The zero-order chi connectivity index (χ0) is 23.3. The molecule has 2 heterocycles. The van der Waals surface area contributed by atoms with Crippen molar-refractivity contribution in [1.29, 1.82) is 0 Å². The highest BCUT2D eigenvalue weighted by Crippen LogP contribution is 2.38. The van der Waals surface area contributed by atoms with Crippen LogP contribution in [0.25, 0.3) is 22.3 Å². The molecule has 7 N–H and O–H groups in total. The number of benzene rings is 2. The zero-order valence-electron chi connectivity index (χ0n) is 16.5. The van der Waals surface area contributed by atoms with Gasteiger partial charge in [0, 0.05) is 17.7 Å². The van der Waals surface area contributed by atoms with Crippen LogP contribution in [-0.2, 0) is 4.74 Å². The number of aliphatic hydroxyl groups excluding tert-OH is 3. The number of rotatable bonds is 4. The van der Waals surface area contributed by atoms with E-state index < -0.39 is 59.1 Å². The van der Waals surface area contributed by atoms with Crippen LogP contribution in [0.1, 0.15) is 6.92 Å². The molecule has 0 unspecified atom stereocenters. The van der Waals surface area contributed by atoms with Gasteiger partial charge in [0.05, 0.1) is 6.10 Å². The molecular weight excluding hydrogens is 428 g/mol. The lowest BCUT2D eigenvalue weighted by Crippen LogP contribution is -2.38. The lowest BCUT2D eigenvalue weighted by atomic mass is 10.1. The summed E-state index contributed by atoms with van der Waals surface area (Å²) < 4.78 is 16.4. The smallest absolute Gasteiger partial charge is 0.238 e. The molecule has 1 fully saturated rings. The second-order valence-corrected chi connectivity index (χ2v) is 7.44. The minimum absolute atomic E-state index is 0.0695. The van der Waals surface area contributed by atoms with Gasteiger partial charge in [0.15, 0.2) is 17.3 Å². The first kappa shape index (κ1) is 21.7. The van der Waals surface area contributed by atoms with Crippen molar-refractivity contribution in [2.75, 3.05) is 0 Å². The monoisotopic (exact) mass is 448 g/mol. The Labute approximate surface area is 179 Å². The minimum atomic E-state index is -1.50. The number of phenols is 3. The fraction of sp³-hybridized carbons (Fsp3) is 0.286. The predicted octanol–water partition coefficient (Wildman–Crippen LogP) is 0.489. The highest BCUT2D eigenvalue weighted by Gasteiger charge is 2.46. The van der Waals surface area contributed by atoms with Crippen molar-refractivity contribution in [3.63, 3.8) is 0 Å². The molecule has 32 heavy (non-hydrogen) atoms. The molecule has 1 aliphatic heterocycles. The Morgan fingerprint density at radius 2 is 1.69 bits per heavy atom. The summed E-state index contributed by atoms with van der Waals surface area (Å²) in [5.41, 5.74) is -1.09. The number of hydrogen-bond donors (Lipinski definition) is 7. The molecule has 5 atom stereocenters. The first-order valence-corrected chi connectivity index (χ1v) is 9.50. The van der Waals surface area contributed by atoms with Crippen molar-refractivity contribution < 1.29 is 49.6 Å². The highest BCUT2D eigenvalue weighted by molar-refractivity contribution is 5.88. The van der Waals surface area contributed by atoms with E-state index in [-0.39, 0.29) is 28.0 Å². The summed E-state index contributed by atoms with van der Waals surface area (Å²) in [4.78, 5) is 12.6. The van der Waals surface area contributed by atoms with Crippen LogP contribution >= 0.6 is 0 Å². The molecule has 4 rings (SSSR count). The molecule has 0 aliphatic carbocycles.